The number of rotatable bonds is 5. The van der Waals surface area contributed by atoms with E-state index in [4.69, 9.17) is 10.5 Å². The molecule has 0 spiro atoms. The molecule has 0 saturated heterocycles. The fourth-order valence-electron chi connectivity index (χ4n) is 1.16. The van der Waals surface area contributed by atoms with Gasteiger partial charge in [0.05, 0.1) is 6.61 Å². The van der Waals surface area contributed by atoms with E-state index in [1.54, 1.807) is 0 Å². The van der Waals surface area contributed by atoms with Crippen LogP contribution in [0.25, 0.3) is 0 Å². The maximum Gasteiger partial charge on any atom is 0.323 e. The van der Waals surface area contributed by atoms with E-state index in [1.165, 1.54) is 0 Å². The summed E-state index contributed by atoms with van der Waals surface area (Å²) in [6, 6.07) is 0.281. The summed E-state index contributed by atoms with van der Waals surface area (Å²) < 4.78 is 5.19. The summed E-state index contributed by atoms with van der Waals surface area (Å²) in [5, 5.41) is 0. The Morgan fingerprint density at radius 1 is 1.27 bits per heavy atom. The Bertz CT molecular complexity index is 317. The SMILES string of the molecule is CCCN(C)c1nc(N)nc(OCC)n1. The number of nitrogens with two attached hydrogens (primary N) is 1. The first-order valence-electron chi connectivity index (χ1n) is 5.02. The normalized spacial score (nSPS) is 10.1. The van der Waals surface area contributed by atoms with Gasteiger partial charge < -0.3 is 15.4 Å². The summed E-state index contributed by atoms with van der Waals surface area (Å²) >= 11 is 0. The Labute approximate surface area is 89.5 Å². The molecule has 0 aliphatic rings. The molecule has 0 aliphatic carbocycles. The fourth-order valence-corrected chi connectivity index (χ4v) is 1.16. The molecule has 0 bridgehead atoms. The van der Waals surface area contributed by atoms with E-state index < -0.39 is 0 Å². The van der Waals surface area contributed by atoms with Gasteiger partial charge in [-0.1, -0.05) is 6.92 Å². The van der Waals surface area contributed by atoms with Gasteiger partial charge in [0.25, 0.3) is 0 Å². The zero-order chi connectivity index (χ0) is 11.3. The Kier molecular flexibility index (Phi) is 4.08. The van der Waals surface area contributed by atoms with E-state index in [-0.39, 0.29) is 12.0 Å². The monoisotopic (exact) mass is 211 g/mol. The molecule has 0 aliphatic heterocycles. The number of ether oxygens (including phenoxy) is 1. The molecular weight excluding hydrogens is 194 g/mol. The molecule has 84 valence electrons. The van der Waals surface area contributed by atoms with Crippen LogP contribution < -0.4 is 15.4 Å². The quantitative estimate of drug-likeness (QED) is 0.772. The second-order valence-corrected chi connectivity index (χ2v) is 3.13. The highest BCUT2D eigenvalue weighted by Crippen LogP contribution is 2.12. The molecule has 1 aromatic heterocycles. The lowest BCUT2D eigenvalue weighted by Crippen LogP contribution is -2.21. The van der Waals surface area contributed by atoms with Crippen LogP contribution in [0.4, 0.5) is 11.9 Å². The smallest absolute Gasteiger partial charge is 0.323 e. The van der Waals surface area contributed by atoms with E-state index in [0.29, 0.717) is 12.6 Å². The molecule has 0 saturated carbocycles. The van der Waals surface area contributed by atoms with Crippen molar-refractivity contribution in [1.29, 1.82) is 0 Å². The van der Waals surface area contributed by atoms with Crippen molar-refractivity contribution in [2.45, 2.75) is 20.3 Å². The maximum absolute atomic E-state index is 5.55. The van der Waals surface area contributed by atoms with Gasteiger partial charge in [0, 0.05) is 13.6 Å². The molecule has 0 unspecified atom stereocenters. The van der Waals surface area contributed by atoms with Gasteiger partial charge in [-0.2, -0.15) is 15.0 Å². The lowest BCUT2D eigenvalue weighted by molar-refractivity contribution is 0.312. The van der Waals surface area contributed by atoms with Gasteiger partial charge in [0.15, 0.2) is 0 Å². The molecule has 0 aromatic carbocycles. The van der Waals surface area contributed by atoms with Crippen LogP contribution >= 0.6 is 0 Å². The largest absolute Gasteiger partial charge is 0.464 e. The minimum Gasteiger partial charge on any atom is -0.464 e. The summed E-state index contributed by atoms with van der Waals surface area (Å²) in [4.78, 5) is 14.0. The summed E-state index contributed by atoms with van der Waals surface area (Å²) in [5.41, 5.74) is 5.55. The van der Waals surface area contributed by atoms with E-state index in [0.717, 1.165) is 13.0 Å². The first-order valence-corrected chi connectivity index (χ1v) is 5.02. The van der Waals surface area contributed by atoms with Gasteiger partial charge in [-0.3, -0.25) is 0 Å². The predicted octanol–water partition coefficient (Wildman–Crippen LogP) is 0.699. The highest BCUT2D eigenvalue weighted by atomic mass is 16.5. The predicted molar refractivity (Wildman–Crippen MR) is 59.0 cm³/mol. The van der Waals surface area contributed by atoms with Crippen LogP contribution in [0.15, 0.2) is 0 Å². The lowest BCUT2D eigenvalue weighted by atomic mass is 10.4. The average molecular weight is 211 g/mol. The molecule has 1 heterocycles. The number of nitrogen functional groups attached to an aromatic ring is 1. The molecular formula is C9H17N5O. The van der Waals surface area contributed by atoms with Gasteiger partial charge in [-0.05, 0) is 13.3 Å². The average Bonchev–Trinajstić information content (AvgIpc) is 2.17. The molecule has 0 radical (unpaired) electrons. The minimum atomic E-state index is 0.186. The summed E-state index contributed by atoms with van der Waals surface area (Å²) in [6.45, 7) is 5.34. The van der Waals surface area contributed by atoms with Crippen molar-refractivity contribution in [3.63, 3.8) is 0 Å². The number of nitrogens with zero attached hydrogens (tertiary/aromatic N) is 4. The van der Waals surface area contributed by atoms with E-state index in [2.05, 4.69) is 21.9 Å². The van der Waals surface area contributed by atoms with Crippen molar-refractivity contribution in [3.8, 4) is 6.01 Å². The van der Waals surface area contributed by atoms with Gasteiger partial charge in [0.2, 0.25) is 11.9 Å². The highest BCUT2D eigenvalue weighted by molar-refractivity contribution is 5.34. The van der Waals surface area contributed by atoms with E-state index >= 15 is 0 Å². The Balaban J connectivity index is 2.87. The van der Waals surface area contributed by atoms with Gasteiger partial charge >= 0.3 is 6.01 Å². The van der Waals surface area contributed by atoms with Crippen molar-refractivity contribution in [2.24, 2.45) is 0 Å². The fraction of sp³-hybridized carbons (Fsp3) is 0.667. The molecule has 2 N–H and O–H groups in total. The summed E-state index contributed by atoms with van der Waals surface area (Å²) in [7, 11) is 1.91. The van der Waals surface area contributed by atoms with Gasteiger partial charge in [-0.25, -0.2) is 0 Å². The van der Waals surface area contributed by atoms with E-state index in [1.807, 2.05) is 18.9 Å². The Hall–Kier alpha value is -1.59. The molecule has 0 atom stereocenters. The Morgan fingerprint density at radius 2 is 2.00 bits per heavy atom. The van der Waals surface area contributed by atoms with Crippen LogP contribution in [0, 0.1) is 0 Å². The Morgan fingerprint density at radius 3 is 2.60 bits per heavy atom. The third-order valence-electron chi connectivity index (χ3n) is 1.79. The third-order valence-corrected chi connectivity index (χ3v) is 1.79. The van der Waals surface area contributed by atoms with Crippen LogP contribution in [-0.2, 0) is 0 Å². The molecule has 6 heteroatoms. The van der Waals surface area contributed by atoms with Crippen molar-refractivity contribution < 1.29 is 4.74 Å². The number of hydrogen-bond acceptors (Lipinski definition) is 6. The van der Waals surface area contributed by atoms with Crippen molar-refractivity contribution in [3.05, 3.63) is 0 Å². The zero-order valence-electron chi connectivity index (χ0n) is 9.40. The number of anilines is 2. The molecule has 6 nitrogen and oxygen atoms in total. The molecule has 1 rings (SSSR count). The van der Waals surface area contributed by atoms with Crippen LogP contribution in [0.5, 0.6) is 6.01 Å². The molecule has 15 heavy (non-hydrogen) atoms. The standard InChI is InChI=1S/C9H17N5O/c1-4-6-14(3)8-11-7(10)12-9(13-8)15-5-2/h4-6H2,1-3H3,(H2,10,11,12,13). The van der Waals surface area contributed by atoms with Crippen molar-refractivity contribution in [1.82, 2.24) is 15.0 Å². The van der Waals surface area contributed by atoms with Crippen LogP contribution in [0.2, 0.25) is 0 Å². The second-order valence-electron chi connectivity index (χ2n) is 3.13. The first kappa shape index (κ1) is 11.5. The molecule has 0 amide bonds. The number of hydrogen-bond donors (Lipinski definition) is 1. The van der Waals surface area contributed by atoms with Crippen LogP contribution in [-0.4, -0.2) is 35.2 Å². The molecule has 1 aromatic rings. The lowest BCUT2D eigenvalue weighted by Gasteiger charge is -2.16. The van der Waals surface area contributed by atoms with Crippen molar-refractivity contribution in [2.75, 3.05) is 30.8 Å². The van der Waals surface area contributed by atoms with Crippen molar-refractivity contribution >= 4 is 11.9 Å². The summed E-state index contributed by atoms with van der Waals surface area (Å²) in [6.07, 6.45) is 1.02. The van der Waals surface area contributed by atoms with Gasteiger partial charge in [-0.15, -0.1) is 0 Å². The zero-order valence-corrected chi connectivity index (χ0v) is 9.40. The highest BCUT2D eigenvalue weighted by Gasteiger charge is 2.08. The summed E-state index contributed by atoms with van der Waals surface area (Å²) in [5.74, 6) is 0.735. The number of aromatic nitrogens is 3. The first-order chi connectivity index (χ1) is 7.17. The van der Waals surface area contributed by atoms with Gasteiger partial charge in [0.1, 0.15) is 0 Å². The topological polar surface area (TPSA) is 77.2 Å². The second kappa shape index (κ2) is 5.33. The van der Waals surface area contributed by atoms with Crippen LogP contribution in [0.1, 0.15) is 20.3 Å². The van der Waals surface area contributed by atoms with Crippen LogP contribution in [0.3, 0.4) is 0 Å². The molecule has 0 fully saturated rings. The maximum atomic E-state index is 5.55. The van der Waals surface area contributed by atoms with E-state index in [9.17, 15) is 0 Å². The third kappa shape index (κ3) is 3.23. The minimum absolute atomic E-state index is 0.186.